The third-order valence-corrected chi connectivity index (χ3v) is 2.61. The van der Waals surface area contributed by atoms with Crippen molar-refractivity contribution in [3.8, 4) is 0 Å². The monoisotopic (exact) mass is 328 g/mol. The quantitative estimate of drug-likeness (QED) is 0.572. The molecule has 0 unspecified atom stereocenters. The van der Waals surface area contributed by atoms with Gasteiger partial charge in [0.2, 0.25) is 0 Å². The number of hydrogen-bond donors (Lipinski definition) is 1. The van der Waals surface area contributed by atoms with Crippen molar-refractivity contribution in [2.45, 2.75) is 34.6 Å². The second-order valence-corrected chi connectivity index (χ2v) is 4.11. The lowest BCUT2D eigenvalue weighted by atomic mass is 10.2. The van der Waals surface area contributed by atoms with Gasteiger partial charge in [-0.3, -0.25) is 4.98 Å². The largest absolute Gasteiger partial charge is 0.458 e. The molecule has 2 rings (SSSR count). The van der Waals surface area contributed by atoms with Crippen LogP contribution in [0, 0.1) is 0 Å². The summed E-state index contributed by atoms with van der Waals surface area (Å²) >= 11 is 0. The van der Waals surface area contributed by atoms with Crippen molar-refractivity contribution in [2.24, 2.45) is 0 Å². The first-order valence-corrected chi connectivity index (χ1v) is 8.35. The van der Waals surface area contributed by atoms with Crippen LogP contribution in [0.15, 0.2) is 60.9 Å². The molecule has 24 heavy (non-hydrogen) atoms. The topological polar surface area (TPSA) is 51.2 Å². The number of nitrogens with zero attached hydrogens (tertiary/aromatic N) is 1. The maximum atomic E-state index is 11.8. The number of ether oxygens (including phenoxy) is 1. The van der Waals surface area contributed by atoms with Crippen LogP contribution in [0.25, 0.3) is 0 Å². The lowest BCUT2D eigenvalue weighted by Gasteiger charge is -2.08. The number of aromatic nitrogens is 1. The smallest absolute Gasteiger partial charge is 0.338 e. The fraction of sp³-hybridized carbons (Fsp3) is 0.300. The second-order valence-electron chi connectivity index (χ2n) is 4.11. The number of pyridine rings is 1. The summed E-state index contributed by atoms with van der Waals surface area (Å²) in [6.07, 6.45) is 7.04. The van der Waals surface area contributed by atoms with Gasteiger partial charge < -0.3 is 10.1 Å². The zero-order chi connectivity index (χ0) is 18.2. The molecule has 0 saturated carbocycles. The van der Waals surface area contributed by atoms with Crippen LogP contribution >= 0.6 is 0 Å². The van der Waals surface area contributed by atoms with E-state index in [1.54, 1.807) is 30.6 Å². The Morgan fingerprint density at radius 2 is 1.75 bits per heavy atom. The summed E-state index contributed by atoms with van der Waals surface area (Å²) in [4.78, 5) is 15.8. The molecule has 1 aromatic carbocycles. The lowest BCUT2D eigenvalue weighted by molar-refractivity contribution is 0.0549. The van der Waals surface area contributed by atoms with Crippen LogP contribution in [-0.4, -0.2) is 17.6 Å². The van der Waals surface area contributed by atoms with Crippen molar-refractivity contribution in [3.63, 3.8) is 0 Å². The Morgan fingerprint density at radius 3 is 2.38 bits per heavy atom. The standard InChI is InChI=1S/C16H16N2O2.2C2H6/c1-2-3-11-20-16(19)13-5-4-6-15(12-13)18-14-7-9-17-10-8-14;2*1-2/h2-10,12H,11H2,1H3,(H,17,18);2*1-2H3/b3-2-;;. The minimum Gasteiger partial charge on any atom is -0.458 e. The van der Waals surface area contributed by atoms with Gasteiger partial charge >= 0.3 is 5.97 Å². The Morgan fingerprint density at radius 1 is 1.08 bits per heavy atom. The van der Waals surface area contributed by atoms with Gasteiger partial charge in [0.1, 0.15) is 6.61 Å². The van der Waals surface area contributed by atoms with Crippen LogP contribution in [0.3, 0.4) is 0 Å². The fourth-order valence-corrected chi connectivity index (χ4v) is 1.63. The molecule has 0 saturated heterocycles. The van der Waals surface area contributed by atoms with Gasteiger partial charge in [-0.15, -0.1) is 0 Å². The first-order chi connectivity index (χ1) is 11.8. The molecule has 0 aliphatic carbocycles. The van der Waals surface area contributed by atoms with E-state index in [0.29, 0.717) is 5.56 Å². The highest BCUT2D eigenvalue weighted by Crippen LogP contribution is 2.17. The molecule has 0 fully saturated rings. The Hall–Kier alpha value is -2.62. The third-order valence-electron chi connectivity index (χ3n) is 2.61. The summed E-state index contributed by atoms with van der Waals surface area (Å²) in [5.41, 5.74) is 2.27. The van der Waals surface area contributed by atoms with Gasteiger partial charge in [-0.1, -0.05) is 45.9 Å². The van der Waals surface area contributed by atoms with Crippen LogP contribution < -0.4 is 5.32 Å². The van der Waals surface area contributed by atoms with Gasteiger partial charge in [-0.2, -0.15) is 0 Å². The van der Waals surface area contributed by atoms with E-state index in [0.717, 1.165) is 11.4 Å². The van der Waals surface area contributed by atoms with Gasteiger partial charge in [0.15, 0.2) is 0 Å². The molecule has 130 valence electrons. The molecule has 0 radical (unpaired) electrons. The first kappa shape index (κ1) is 21.4. The maximum absolute atomic E-state index is 11.8. The van der Waals surface area contributed by atoms with Crippen LogP contribution in [0.4, 0.5) is 11.4 Å². The number of nitrogens with one attached hydrogen (secondary N) is 1. The summed E-state index contributed by atoms with van der Waals surface area (Å²) in [5.74, 6) is -0.332. The highest BCUT2D eigenvalue weighted by Gasteiger charge is 2.06. The number of carbonyl (C=O) groups is 1. The SMILES string of the molecule is C/C=C\COC(=O)c1cccc(Nc2ccncc2)c1.CC.CC. The molecule has 0 amide bonds. The number of esters is 1. The number of carbonyl (C=O) groups excluding carboxylic acids is 1. The molecule has 0 spiro atoms. The molecule has 0 aliphatic heterocycles. The molecule has 1 N–H and O–H groups in total. The van der Waals surface area contributed by atoms with Crippen LogP contribution in [0.1, 0.15) is 45.0 Å². The lowest BCUT2D eigenvalue weighted by Crippen LogP contribution is -2.05. The number of allylic oxidation sites excluding steroid dienone is 1. The molecule has 0 atom stereocenters. The molecule has 0 bridgehead atoms. The molecule has 2 aromatic rings. The van der Waals surface area contributed by atoms with Crippen molar-refractivity contribution in [1.29, 1.82) is 0 Å². The Labute approximate surface area is 145 Å². The van der Waals surface area contributed by atoms with E-state index < -0.39 is 0 Å². The van der Waals surface area contributed by atoms with E-state index in [2.05, 4.69) is 10.3 Å². The zero-order valence-electron chi connectivity index (χ0n) is 15.2. The normalized spacial score (nSPS) is 9.21. The predicted octanol–water partition coefficient (Wildman–Crippen LogP) is 5.61. The third kappa shape index (κ3) is 8.13. The van der Waals surface area contributed by atoms with Crippen molar-refractivity contribution in [1.82, 2.24) is 4.98 Å². The number of anilines is 2. The highest BCUT2D eigenvalue weighted by atomic mass is 16.5. The van der Waals surface area contributed by atoms with Crippen molar-refractivity contribution in [3.05, 3.63) is 66.5 Å². The van der Waals surface area contributed by atoms with Gasteiger partial charge in [-0.25, -0.2) is 4.79 Å². The number of benzene rings is 1. The van der Waals surface area contributed by atoms with E-state index in [-0.39, 0.29) is 12.6 Å². The maximum Gasteiger partial charge on any atom is 0.338 e. The molecule has 1 heterocycles. The fourth-order valence-electron chi connectivity index (χ4n) is 1.63. The van der Waals surface area contributed by atoms with E-state index in [1.165, 1.54) is 0 Å². The molecule has 4 heteroatoms. The Bertz CT molecular complexity index is 596. The minimum absolute atomic E-state index is 0.289. The average molecular weight is 328 g/mol. The second kappa shape index (κ2) is 14.0. The van der Waals surface area contributed by atoms with Crippen LogP contribution in [0.5, 0.6) is 0 Å². The van der Waals surface area contributed by atoms with E-state index in [9.17, 15) is 4.79 Å². The van der Waals surface area contributed by atoms with Gasteiger partial charge in [0, 0.05) is 23.8 Å². The summed E-state index contributed by atoms with van der Waals surface area (Å²) in [7, 11) is 0. The molecule has 4 nitrogen and oxygen atoms in total. The average Bonchev–Trinajstić information content (AvgIpc) is 2.66. The van der Waals surface area contributed by atoms with Crippen LogP contribution in [-0.2, 0) is 4.74 Å². The van der Waals surface area contributed by atoms with E-state index >= 15 is 0 Å². The van der Waals surface area contributed by atoms with Gasteiger partial charge in [0.05, 0.1) is 5.56 Å². The van der Waals surface area contributed by atoms with Crippen LogP contribution in [0.2, 0.25) is 0 Å². The number of rotatable bonds is 5. The highest BCUT2D eigenvalue weighted by molar-refractivity contribution is 5.90. The minimum atomic E-state index is -0.332. The predicted molar refractivity (Wildman–Crippen MR) is 102 cm³/mol. The summed E-state index contributed by atoms with van der Waals surface area (Å²) in [6.45, 7) is 10.2. The zero-order valence-corrected chi connectivity index (χ0v) is 15.2. The van der Waals surface area contributed by atoms with E-state index in [4.69, 9.17) is 4.74 Å². The summed E-state index contributed by atoms with van der Waals surface area (Å²) in [6, 6.07) is 10.9. The summed E-state index contributed by atoms with van der Waals surface area (Å²) < 4.78 is 5.11. The van der Waals surface area contributed by atoms with Gasteiger partial charge in [-0.05, 0) is 37.3 Å². The number of hydrogen-bond acceptors (Lipinski definition) is 4. The van der Waals surface area contributed by atoms with Crippen molar-refractivity contribution < 1.29 is 9.53 Å². The first-order valence-electron chi connectivity index (χ1n) is 8.35. The van der Waals surface area contributed by atoms with Crippen molar-refractivity contribution >= 4 is 17.3 Å². The Kier molecular flexibility index (Phi) is 12.5. The van der Waals surface area contributed by atoms with Gasteiger partial charge in [0.25, 0.3) is 0 Å². The molecular formula is C20H28N2O2. The van der Waals surface area contributed by atoms with Crippen molar-refractivity contribution in [2.75, 3.05) is 11.9 Å². The summed E-state index contributed by atoms with van der Waals surface area (Å²) in [5, 5.41) is 3.20. The molecule has 0 aliphatic rings. The molecular weight excluding hydrogens is 300 g/mol. The van der Waals surface area contributed by atoms with E-state index in [1.807, 2.05) is 65.0 Å². The Balaban J connectivity index is 0.00000123. The molecule has 1 aromatic heterocycles.